The van der Waals surface area contributed by atoms with Crippen molar-refractivity contribution >= 4 is 23.0 Å². The zero-order valence-corrected chi connectivity index (χ0v) is 10.6. The van der Waals surface area contributed by atoms with E-state index in [2.05, 4.69) is 20.6 Å². The van der Waals surface area contributed by atoms with Crippen molar-refractivity contribution in [2.45, 2.75) is 6.54 Å². The number of thiocarbonyl (C=S) groups is 1. The van der Waals surface area contributed by atoms with E-state index in [1.807, 2.05) is 0 Å². The molecule has 1 heterocycles. The zero-order chi connectivity index (χ0) is 13.7. The molecular weight excluding hydrogens is 267 g/mol. The zero-order valence-electron chi connectivity index (χ0n) is 9.82. The van der Waals surface area contributed by atoms with E-state index in [9.17, 15) is 4.39 Å². The smallest absolute Gasteiger partial charge is 0.184 e. The highest BCUT2D eigenvalue weighted by Gasteiger charge is 2.06. The van der Waals surface area contributed by atoms with E-state index in [0.717, 1.165) is 5.56 Å². The second-order valence-electron chi connectivity index (χ2n) is 3.63. The molecule has 0 aliphatic carbocycles. The Morgan fingerprint density at radius 3 is 2.74 bits per heavy atom. The fourth-order valence-corrected chi connectivity index (χ4v) is 1.47. The number of hydrogen-bond donors (Lipinski definition) is 2. The molecule has 2 aromatic rings. The number of nitrogens with one attached hydrogen (secondary N) is 1. The number of benzene rings is 1. The first-order valence-electron chi connectivity index (χ1n) is 5.35. The second-order valence-corrected chi connectivity index (χ2v) is 4.07. The average molecular weight is 278 g/mol. The Morgan fingerprint density at radius 2 is 2.16 bits per heavy atom. The van der Waals surface area contributed by atoms with Crippen LogP contribution in [-0.2, 0) is 6.54 Å². The van der Waals surface area contributed by atoms with Crippen LogP contribution in [0.1, 0.15) is 5.56 Å². The van der Waals surface area contributed by atoms with Crippen molar-refractivity contribution in [3.63, 3.8) is 0 Å². The number of nitrogens with zero attached hydrogens (tertiary/aromatic N) is 4. The molecule has 6 nitrogen and oxygen atoms in total. The second kappa shape index (κ2) is 6.01. The van der Waals surface area contributed by atoms with E-state index < -0.39 is 0 Å². The van der Waals surface area contributed by atoms with Gasteiger partial charge in [-0.15, -0.1) is 0 Å². The van der Waals surface area contributed by atoms with Gasteiger partial charge < -0.3 is 5.73 Å². The van der Waals surface area contributed by atoms with Crippen LogP contribution in [0.4, 0.5) is 4.39 Å². The summed E-state index contributed by atoms with van der Waals surface area (Å²) in [4.78, 5) is 3.84. The van der Waals surface area contributed by atoms with Gasteiger partial charge in [-0.3, -0.25) is 5.43 Å². The van der Waals surface area contributed by atoms with Gasteiger partial charge in [-0.05, 0) is 29.9 Å². The first-order chi connectivity index (χ1) is 9.15. The van der Waals surface area contributed by atoms with Crippen LogP contribution in [0, 0.1) is 5.82 Å². The van der Waals surface area contributed by atoms with Gasteiger partial charge in [-0.25, -0.2) is 14.1 Å². The quantitative estimate of drug-likeness (QED) is 0.488. The molecule has 1 aromatic heterocycles. The van der Waals surface area contributed by atoms with Crippen molar-refractivity contribution in [3.05, 3.63) is 48.3 Å². The fourth-order valence-electron chi connectivity index (χ4n) is 1.42. The van der Waals surface area contributed by atoms with Crippen molar-refractivity contribution in [1.82, 2.24) is 20.2 Å². The molecule has 19 heavy (non-hydrogen) atoms. The standard InChI is InChI=1S/C11H11FN6S/c12-9-3-1-8(2-4-9)10(16-17-11(13)19)5-18-7-14-6-15-18/h1-4,6-7H,5H2,(H3,13,17,19)/b16-10-. The molecule has 3 N–H and O–H groups in total. The van der Waals surface area contributed by atoms with Crippen LogP contribution in [0.15, 0.2) is 42.0 Å². The predicted molar refractivity (Wildman–Crippen MR) is 72.9 cm³/mol. The van der Waals surface area contributed by atoms with Gasteiger partial charge >= 0.3 is 0 Å². The third-order valence-corrected chi connectivity index (χ3v) is 2.35. The summed E-state index contributed by atoms with van der Waals surface area (Å²) in [5.41, 5.74) is 9.19. The predicted octanol–water partition coefficient (Wildman–Crippen LogP) is 0.655. The normalized spacial score (nSPS) is 11.3. The summed E-state index contributed by atoms with van der Waals surface area (Å²) in [6, 6.07) is 5.94. The van der Waals surface area contributed by atoms with E-state index in [1.165, 1.54) is 18.5 Å². The van der Waals surface area contributed by atoms with Crippen LogP contribution < -0.4 is 11.2 Å². The Balaban J connectivity index is 2.25. The molecule has 0 radical (unpaired) electrons. The van der Waals surface area contributed by atoms with E-state index in [4.69, 9.17) is 18.0 Å². The lowest BCUT2D eigenvalue weighted by Crippen LogP contribution is -2.27. The molecule has 0 amide bonds. The lowest BCUT2D eigenvalue weighted by molar-refractivity contribution is 0.627. The molecule has 0 saturated carbocycles. The molecule has 0 aliphatic rings. The largest absolute Gasteiger partial charge is 0.375 e. The summed E-state index contributed by atoms with van der Waals surface area (Å²) in [5, 5.41) is 8.13. The number of hydrazone groups is 1. The Labute approximate surface area is 114 Å². The average Bonchev–Trinajstić information content (AvgIpc) is 2.88. The van der Waals surface area contributed by atoms with Crippen molar-refractivity contribution < 1.29 is 4.39 Å². The maximum atomic E-state index is 12.9. The van der Waals surface area contributed by atoms with Gasteiger partial charge in [0.2, 0.25) is 0 Å². The molecule has 0 saturated heterocycles. The van der Waals surface area contributed by atoms with Crippen molar-refractivity contribution in [3.8, 4) is 0 Å². The molecular formula is C11H11FN6S. The lowest BCUT2D eigenvalue weighted by Gasteiger charge is -2.07. The minimum Gasteiger partial charge on any atom is -0.375 e. The Morgan fingerprint density at radius 1 is 1.42 bits per heavy atom. The van der Waals surface area contributed by atoms with E-state index in [0.29, 0.717) is 12.3 Å². The van der Waals surface area contributed by atoms with E-state index in [1.54, 1.807) is 23.1 Å². The maximum absolute atomic E-state index is 12.9. The van der Waals surface area contributed by atoms with Crippen molar-refractivity contribution in [2.75, 3.05) is 0 Å². The number of hydrogen-bond acceptors (Lipinski definition) is 4. The highest BCUT2D eigenvalue weighted by Crippen LogP contribution is 2.05. The van der Waals surface area contributed by atoms with Crippen LogP contribution in [0.25, 0.3) is 0 Å². The number of halogens is 1. The first kappa shape index (κ1) is 13.1. The molecule has 0 bridgehead atoms. The van der Waals surface area contributed by atoms with Gasteiger partial charge in [0.1, 0.15) is 18.5 Å². The molecule has 8 heteroatoms. The van der Waals surface area contributed by atoms with Gasteiger partial charge in [0.25, 0.3) is 0 Å². The van der Waals surface area contributed by atoms with Gasteiger partial charge in [0, 0.05) is 0 Å². The Bertz CT molecular complexity index is 578. The van der Waals surface area contributed by atoms with Crippen molar-refractivity contribution in [1.29, 1.82) is 0 Å². The molecule has 0 aliphatic heterocycles. The number of aromatic nitrogens is 3. The van der Waals surface area contributed by atoms with Gasteiger partial charge in [-0.2, -0.15) is 10.2 Å². The van der Waals surface area contributed by atoms with E-state index >= 15 is 0 Å². The minimum absolute atomic E-state index is 0.0539. The molecule has 0 unspecified atom stereocenters. The Kier molecular flexibility index (Phi) is 4.14. The van der Waals surface area contributed by atoms with Crippen LogP contribution in [-0.4, -0.2) is 25.6 Å². The molecule has 1 aromatic carbocycles. The topological polar surface area (TPSA) is 81.1 Å². The third kappa shape index (κ3) is 3.81. The van der Waals surface area contributed by atoms with Crippen LogP contribution >= 0.6 is 12.2 Å². The SMILES string of the molecule is NC(=S)N/N=C(/Cn1cncn1)c1ccc(F)cc1. The Hall–Kier alpha value is -2.35. The summed E-state index contributed by atoms with van der Waals surface area (Å²) in [5.74, 6) is -0.314. The summed E-state index contributed by atoms with van der Waals surface area (Å²) < 4.78 is 14.5. The number of rotatable bonds is 4. The van der Waals surface area contributed by atoms with Crippen LogP contribution in [0.3, 0.4) is 0 Å². The minimum atomic E-state index is -0.314. The molecule has 2 rings (SSSR count). The van der Waals surface area contributed by atoms with Gasteiger partial charge in [0.15, 0.2) is 5.11 Å². The highest BCUT2D eigenvalue weighted by atomic mass is 32.1. The molecule has 0 atom stereocenters. The molecule has 98 valence electrons. The summed E-state index contributed by atoms with van der Waals surface area (Å²) >= 11 is 4.70. The number of nitrogens with two attached hydrogens (primary N) is 1. The summed E-state index contributed by atoms with van der Waals surface area (Å²) in [6.45, 7) is 0.362. The fraction of sp³-hybridized carbons (Fsp3) is 0.0909. The maximum Gasteiger partial charge on any atom is 0.184 e. The third-order valence-electron chi connectivity index (χ3n) is 2.26. The lowest BCUT2D eigenvalue weighted by atomic mass is 10.1. The molecule has 0 fully saturated rings. The first-order valence-corrected chi connectivity index (χ1v) is 5.76. The highest BCUT2D eigenvalue weighted by molar-refractivity contribution is 7.80. The molecule has 0 spiro atoms. The van der Waals surface area contributed by atoms with Crippen molar-refractivity contribution in [2.24, 2.45) is 10.8 Å². The monoisotopic (exact) mass is 278 g/mol. The van der Waals surface area contributed by atoms with E-state index in [-0.39, 0.29) is 10.9 Å². The van der Waals surface area contributed by atoms with Gasteiger partial charge in [0.05, 0.1) is 12.3 Å². The summed E-state index contributed by atoms with van der Waals surface area (Å²) in [6.07, 6.45) is 2.98. The van der Waals surface area contributed by atoms with Crippen LogP contribution in [0.2, 0.25) is 0 Å². The van der Waals surface area contributed by atoms with Crippen LogP contribution in [0.5, 0.6) is 0 Å². The van der Waals surface area contributed by atoms with Gasteiger partial charge in [-0.1, -0.05) is 12.1 Å². The summed E-state index contributed by atoms with van der Waals surface area (Å²) in [7, 11) is 0.